The van der Waals surface area contributed by atoms with Crippen molar-refractivity contribution >= 4 is 23.2 Å². The molecule has 2 aromatic carbocycles. The van der Waals surface area contributed by atoms with E-state index in [0.29, 0.717) is 31.3 Å². The molecule has 0 saturated carbocycles. The number of hydrogen-bond acceptors (Lipinski definition) is 5. The normalized spacial score (nSPS) is 16.4. The van der Waals surface area contributed by atoms with E-state index in [1.807, 2.05) is 18.2 Å². The third-order valence-corrected chi connectivity index (χ3v) is 5.51. The van der Waals surface area contributed by atoms with Gasteiger partial charge in [-0.3, -0.25) is 19.4 Å². The van der Waals surface area contributed by atoms with E-state index < -0.39 is 23.7 Å². The Bertz CT molecular complexity index is 1060. The summed E-state index contributed by atoms with van der Waals surface area (Å²) < 4.78 is 50.2. The van der Waals surface area contributed by atoms with Crippen LogP contribution >= 0.6 is 0 Å². The molecule has 2 aromatic rings. The van der Waals surface area contributed by atoms with Crippen LogP contribution in [0.4, 0.5) is 24.5 Å². The summed E-state index contributed by atoms with van der Waals surface area (Å²) in [4.78, 5) is 28.3. The van der Waals surface area contributed by atoms with Crippen molar-refractivity contribution in [1.29, 1.82) is 0 Å². The van der Waals surface area contributed by atoms with Crippen molar-refractivity contribution < 1.29 is 32.2 Å². The Kier molecular flexibility index (Phi) is 5.72. The number of carbonyl (C=O) groups excluding carboxylic acids is 2. The van der Waals surface area contributed by atoms with Crippen molar-refractivity contribution in [2.75, 3.05) is 37.0 Å². The molecule has 10 heteroatoms. The molecule has 2 aliphatic heterocycles. The highest BCUT2D eigenvalue weighted by Gasteiger charge is 2.35. The first kappa shape index (κ1) is 21.9. The molecule has 4 rings (SSSR count). The first-order chi connectivity index (χ1) is 15.1. The van der Waals surface area contributed by atoms with Crippen LogP contribution in [0.25, 0.3) is 0 Å². The van der Waals surface area contributed by atoms with E-state index in [9.17, 15) is 22.8 Å². The van der Waals surface area contributed by atoms with Crippen molar-refractivity contribution in [1.82, 2.24) is 4.90 Å². The Morgan fingerprint density at radius 1 is 1.16 bits per heavy atom. The molecule has 1 N–H and O–H groups in total. The number of benzene rings is 2. The molecule has 2 heterocycles. The summed E-state index contributed by atoms with van der Waals surface area (Å²) in [6.07, 6.45) is -4.55. The maximum Gasteiger partial charge on any atom is 0.416 e. The second kappa shape index (κ2) is 8.34. The highest BCUT2D eigenvalue weighted by molar-refractivity contribution is 6.11. The number of ether oxygens (including phenoxy) is 2. The minimum absolute atomic E-state index is 0.0360. The molecular formula is C22H22F3N3O4. The van der Waals surface area contributed by atoms with Crippen LogP contribution in [0, 0.1) is 0 Å². The molecule has 0 fully saturated rings. The molecule has 0 bridgehead atoms. The first-order valence-electron chi connectivity index (χ1n) is 10.0. The van der Waals surface area contributed by atoms with E-state index >= 15 is 0 Å². The van der Waals surface area contributed by atoms with Gasteiger partial charge >= 0.3 is 6.18 Å². The molecular weight excluding hydrogens is 427 g/mol. The maximum atomic E-state index is 13.2. The van der Waals surface area contributed by atoms with E-state index in [0.717, 1.165) is 17.7 Å². The third-order valence-electron chi connectivity index (χ3n) is 5.51. The lowest BCUT2D eigenvalue weighted by Gasteiger charge is -2.34. The van der Waals surface area contributed by atoms with Gasteiger partial charge in [0.2, 0.25) is 11.8 Å². The summed E-state index contributed by atoms with van der Waals surface area (Å²) in [5.41, 5.74) is 0.214. The van der Waals surface area contributed by atoms with Gasteiger partial charge in [0.1, 0.15) is 19.8 Å². The summed E-state index contributed by atoms with van der Waals surface area (Å²) in [5.74, 6) is 0.372. The van der Waals surface area contributed by atoms with Crippen molar-refractivity contribution in [3.8, 4) is 11.5 Å². The lowest BCUT2D eigenvalue weighted by molar-refractivity contribution is -0.137. The van der Waals surface area contributed by atoms with Gasteiger partial charge in [-0.1, -0.05) is 6.07 Å². The average molecular weight is 449 g/mol. The number of hydrogen-bond donors (Lipinski definition) is 1. The highest BCUT2D eigenvalue weighted by atomic mass is 19.4. The topological polar surface area (TPSA) is 71.1 Å². The van der Waals surface area contributed by atoms with Gasteiger partial charge in [-0.25, -0.2) is 0 Å². The number of rotatable bonds is 4. The molecule has 0 radical (unpaired) electrons. The fraction of sp³-hybridized carbons (Fsp3) is 0.364. The average Bonchev–Trinajstić information content (AvgIpc) is 2.76. The van der Waals surface area contributed by atoms with Crippen LogP contribution in [0.3, 0.4) is 0 Å². The number of anilines is 2. The van der Waals surface area contributed by atoms with E-state index in [4.69, 9.17) is 9.47 Å². The summed E-state index contributed by atoms with van der Waals surface area (Å²) in [5, 5.41) is 2.42. The zero-order valence-electron chi connectivity index (χ0n) is 17.5. The minimum atomic E-state index is -4.55. The molecule has 0 spiro atoms. The standard InChI is InChI=1S/C22H22F3N3O4/c1-13(27(2)11-14-3-6-18-19(9-14)32-8-7-31-18)21(30)28-12-20(29)26-16-10-15(22(23,24)25)4-5-17(16)28/h3-6,9-10,13H,7-8,11-12H2,1-2H3,(H,26,29). The van der Waals surface area contributed by atoms with Gasteiger partial charge in [0.15, 0.2) is 11.5 Å². The zero-order valence-corrected chi connectivity index (χ0v) is 17.5. The number of nitrogens with one attached hydrogen (secondary N) is 1. The Balaban J connectivity index is 1.52. The summed E-state index contributed by atoms with van der Waals surface area (Å²) in [7, 11) is 1.76. The maximum absolute atomic E-state index is 13.2. The predicted molar refractivity (Wildman–Crippen MR) is 111 cm³/mol. The molecule has 32 heavy (non-hydrogen) atoms. The number of fused-ring (bicyclic) bond motifs is 2. The molecule has 170 valence electrons. The quantitative estimate of drug-likeness (QED) is 0.776. The largest absolute Gasteiger partial charge is 0.486 e. The number of likely N-dealkylation sites (N-methyl/N-ethyl adjacent to an activating group) is 1. The van der Waals surface area contributed by atoms with Crippen LogP contribution in [-0.2, 0) is 22.3 Å². The molecule has 2 aliphatic rings. The van der Waals surface area contributed by atoms with Crippen molar-refractivity contribution in [3.63, 3.8) is 0 Å². The SMILES string of the molecule is CC(C(=O)N1CC(=O)Nc2cc(C(F)(F)F)ccc21)N(C)Cc1ccc2c(c1)OCCO2. The molecule has 7 nitrogen and oxygen atoms in total. The second-order valence-electron chi connectivity index (χ2n) is 7.77. The predicted octanol–water partition coefficient (Wildman–Crippen LogP) is 3.28. The van der Waals surface area contributed by atoms with Crippen LogP contribution in [-0.4, -0.2) is 49.6 Å². The summed E-state index contributed by atoms with van der Waals surface area (Å²) in [6, 6.07) is 7.87. The first-order valence-corrected chi connectivity index (χ1v) is 10.0. The van der Waals surface area contributed by atoms with E-state index in [-0.39, 0.29) is 23.8 Å². The summed E-state index contributed by atoms with van der Waals surface area (Å²) >= 11 is 0. The number of amides is 2. The second-order valence-corrected chi connectivity index (χ2v) is 7.77. The van der Waals surface area contributed by atoms with Crippen molar-refractivity contribution in [2.45, 2.75) is 25.7 Å². The van der Waals surface area contributed by atoms with Gasteiger partial charge in [0.05, 0.1) is 23.0 Å². The molecule has 1 atom stereocenters. The van der Waals surface area contributed by atoms with Gasteiger partial charge in [-0.2, -0.15) is 13.2 Å². The van der Waals surface area contributed by atoms with E-state index in [1.165, 1.54) is 11.0 Å². The Hall–Kier alpha value is -3.27. The summed E-state index contributed by atoms with van der Waals surface area (Å²) in [6.45, 7) is 2.81. The minimum Gasteiger partial charge on any atom is -0.486 e. The monoisotopic (exact) mass is 449 g/mol. The highest BCUT2D eigenvalue weighted by Crippen LogP contribution is 2.37. The number of halogens is 3. The zero-order chi connectivity index (χ0) is 23.0. The number of carbonyl (C=O) groups is 2. The molecule has 0 aromatic heterocycles. The number of alkyl halides is 3. The third kappa shape index (κ3) is 4.36. The van der Waals surface area contributed by atoms with E-state index in [1.54, 1.807) is 18.9 Å². The van der Waals surface area contributed by atoms with Crippen LogP contribution < -0.4 is 19.7 Å². The van der Waals surface area contributed by atoms with Crippen LogP contribution in [0.15, 0.2) is 36.4 Å². The van der Waals surface area contributed by atoms with Crippen LogP contribution in [0.1, 0.15) is 18.1 Å². The van der Waals surface area contributed by atoms with E-state index in [2.05, 4.69) is 5.32 Å². The fourth-order valence-corrected chi connectivity index (χ4v) is 3.69. The van der Waals surface area contributed by atoms with Gasteiger partial charge in [0.25, 0.3) is 0 Å². The van der Waals surface area contributed by atoms with Crippen molar-refractivity contribution in [2.24, 2.45) is 0 Å². The molecule has 0 aliphatic carbocycles. The Labute approximate surface area is 182 Å². The smallest absolute Gasteiger partial charge is 0.416 e. The molecule has 0 saturated heterocycles. The number of nitrogens with zero attached hydrogens (tertiary/aromatic N) is 2. The van der Waals surface area contributed by atoms with Crippen LogP contribution in [0.5, 0.6) is 11.5 Å². The lowest BCUT2D eigenvalue weighted by atomic mass is 10.1. The Morgan fingerprint density at radius 3 is 2.59 bits per heavy atom. The van der Waals surface area contributed by atoms with Gasteiger partial charge in [-0.05, 0) is 49.9 Å². The molecule has 1 unspecified atom stereocenters. The lowest BCUT2D eigenvalue weighted by Crippen LogP contribution is -2.50. The van der Waals surface area contributed by atoms with Gasteiger partial charge in [-0.15, -0.1) is 0 Å². The van der Waals surface area contributed by atoms with Gasteiger partial charge in [0, 0.05) is 6.54 Å². The van der Waals surface area contributed by atoms with Crippen LogP contribution in [0.2, 0.25) is 0 Å². The Morgan fingerprint density at radius 2 is 1.88 bits per heavy atom. The van der Waals surface area contributed by atoms with Crippen molar-refractivity contribution in [3.05, 3.63) is 47.5 Å². The molecule has 2 amide bonds. The van der Waals surface area contributed by atoms with Gasteiger partial charge < -0.3 is 14.8 Å². The fourth-order valence-electron chi connectivity index (χ4n) is 3.69.